The Labute approximate surface area is 111 Å². The summed E-state index contributed by atoms with van der Waals surface area (Å²) in [6.45, 7) is 10.1. The first-order valence-electron chi connectivity index (χ1n) is 6.85. The molecule has 0 aromatic carbocycles. The van der Waals surface area contributed by atoms with Gasteiger partial charge in [-0.05, 0) is 42.9 Å². The quantitative estimate of drug-likeness (QED) is 0.815. The summed E-state index contributed by atoms with van der Waals surface area (Å²) in [7, 11) is 0. The zero-order chi connectivity index (χ0) is 13.6. The van der Waals surface area contributed by atoms with E-state index in [9.17, 15) is 0 Å². The molecule has 1 heterocycles. The molecule has 1 unspecified atom stereocenters. The number of rotatable bonds is 6. The Morgan fingerprint density at radius 1 is 1.39 bits per heavy atom. The van der Waals surface area contributed by atoms with Crippen LogP contribution in [0.15, 0.2) is 18.3 Å². The number of nitrogens with two attached hydrogens (primary N) is 1. The molecule has 0 saturated carbocycles. The van der Waals surface area contributed by atoms with Gasteiger partial charge in [-0.2, -0.15) is 0 Å². The second-order valence-electron chi connectivity index (χ2n) is 6.17. The highest BCUT2D eigenvalue weighted by atomic mass is 14.9. The van der Waals surface area contributed by atoms with Gasteiger partial charge in [0.25, 0.3) is 0 Å². The molecule has 0 bridgehead atoms. The van der Waals surface area contributed by atoms with Crippen LogP contribution in [0.2, 0.25) is 0 Å². The van der Waals surface area contributed by atoms with Gasteiger partial charge in [0.15, 0.2) is 0 Å². The van der Waals surface area contributed by atoms with Gasteiger partial charge in [0.1, 0.15) is 5.82 Å². The van der Waals surface area contributed by atoms with Crippen LogP contribution in [0.25, 0.3) is 0 Å². The van der Waals surface area contributed by atoms with Crippen molar-refractivity contribution in [3.05, 3.63) is 23.9 Å². The van der Waals surface area contributed by atoms with E-state index in [4.69, 9.17) is 5.73 Å². The summed E-state index contributed by atoms with van der Waals surface area (Å²) in [6, 6.07) is 4.50. The van der Waals surface area contributed by atoms with E-state index in [1.807, 2.05) is 6.07 Å². The van der Waals surface area contributed by atoms with Crippen molar-refractivity contribution in [2.45, 2.75) is 53.0 Å². The first kappa shape index (κ1) is 15.0. The smallest absolute Gasteiger partial charge is 0.126 e. The molecule has 102 valence electrons. The normalized spacial score (nSPS) is 13.6. The molecule has 3 N–H and O–H groups in total. The summed E-state index contributed by atoms with van der Waals surface area (Å²) < 4.78 is 0. The average molecular weight is 249 g/mol. The molecule has 3 nitrogen and oxygen atoms in total. The van der Waals surface area contributed by atoms with E-state index in [2.05, 4.69) is 44.1 Å². The van der Waals surface area contributed by atoms with Crippen LogP contribution in [0, 0.1) is 5.41 Å². The van der Waals surface area contributed by atoms with Crippen molar-refractivity contribution in [3.8, 4) is 0 Å². The van der Waals surface area contributed by atoms with E-state index in [0.717, 1.165) is 31.4 Å². The molecule has 0 aliphatic rings. The van der Waals surface area contributed by atoms with E-state index in [-0.39, 0.29) is 0 Å². The lowest BCUT2D eigenvalue weighted by atomic mass is 9.86. The molecule has 0 amide bonds. The molecular weight excluding hydrogens is 222 g/mol. The van der Waals surface area contributed by atoms with Gasteiger partial charge in [-0.3, -0.25) is 0 Å². The Bertz CT molecular complexity index is 355. The van der Waals surface area contributed by atoms with Crippen LogP contribution in [0.4, 0.5) is 5.82 Å². The minimum atomic E-state index is 0.322. The molecule has 0 spiro atoms. The van der Waals surface area contributed by atoms with Gasteiger partial charge >= 0.3 is 0 Å². The Morgan fingerprint density at radius 3 is 2.67 bits per heavy atom. The molecular formula is C15H27N3. The fraction of sp³-hybridized carbons (Fsp3) is 0.667. The molecule has 0 fully saturated rings. The van der Waals surface area contributed by atoms with Gasteiger partial charge in [-0.1, -0.05) is 33.8 Å². The zero-order valence-electron chi connectivity index (χ0n) is 12.2. The predicted octanol–water partition coefficient (Wildman–Crippen LogP) is 3.01. The zero-order valence-corrected chi connectivity index (χ0v) is 12.2. The van der Waals surface area contributed by atoms with Crippen molar-refractivity contribution < 1.29 is 0 Å². The number of anilines is 1. The highest BCUT2D eigenvalue weighted by molar-refractivity contribution is 5.38. The molecule has 1 aromatic heterocycles. The fourth-order valence-corrected chi connectivity index (χ4v) is 2.19. The van der Waals surface area contributed by atoms with Gasteiger partial charge in [0.2, 0.25) is 0 Å². The molecule has 0 saturated heterocycles. The summed E-state index contributed by atoms with van der Waals surface area (Å²) in [5.41, 5.74) is 7.39. The summed E-state index contributed by atoms with van der Waals surface area (Å²) >= 11 is 0. The van der Waals surface area contributed by atoms with Crippen LogP contribution < -0.4 is 11.1 Å². The lowest BCUT2D eigenvalue weighted by Crippen LogP contribution is -2.35. The number of hydrogen-bond acceptors (Lipinski definition) is 3. The maximum absolute atomic E-state index is 5.92. The number of nitrogens with zero attached hydrogens (tertiary/aromatic N) is 1. The summed E-state index contributed by atoms with van der Waals surface area (Å²) in [4.78, 5) is 4.16. The minimum Gasteiger partial charge on any atom is -0.383 e. The highest BCUT2D eigenvalue weighted by Crippen LogP contribution is 2.23. The Hall–Kier alpha value is -1.09. The van der Waals surface area contributed by atoms with Gasteiger partial charge in [0.05, 0.1) is 0 Å². The Balaban J connectivity index is 2.69. The summed E-state index contributed by atoms with van der Waals surface area (Å²) in [5.74, 6) is 0.662. The Morgan fingerprint density at radius 2 is 2.11 bits per heavy atom. The van der Waals surface area contributed by atoms with E-state index in [1.165, 1.54) is 0 Å². The van der Waals surface area contributed by atoms with Crippen LogP contribution in [-0.2, 0) is 6.42 Å². The first-order valence-corrected chi connectivity index (χ1v) is 6.85. The first-order chi connectivity index (χ1) is 8.42. The van der Waals surface area contributed by atoms with Crippen molar-refractivity contribution in [2.24, 2.45) is 5.41 Å². The molecule has 1 atom stereocenters. The lowest BCUT2D eigenvalue weighted by Gasteiger charge is -2.27. The second-order valence-corrected chi connectivity index (χ2v) is 6.17. The van der Waals surface area contributed by atoms with Gasteiger partial charge in [0, 0.05) is 12.2 Å². The largest absolute Gasteiger partial charge is 0.383 e. The van der Waals surface area contributed by atoms with E-state index in [1.54, 1.807) is 6.20 Å². The number of nitrogens with one attached hydrogen (secondary N) is 1. The van der Waals surface area contributed by atoms with Crippen LogP contribution in [0.3, 0.4) is 0 Å². The number of hydrogen-bond donors (Lipinski definition) is 2. The Kier molecular flexibility index (Phi) is 5.60. The highest BCUT2D eigenvalue weighted by Gasteiger charge is 2.19. The number of pyridine rings is 1. The van der Waals surface area contributed by atoms with Crippen molar-refractivity contribution in [1.82, 2.24) is 10.3 Å². The van der Waals surface area contributed by atoms with Crippen molar-refractivity contribution in [1.29, 1.82) is 0 Å². The SMILES string of the molecule is CCCNC(Cc1cccnc1N)CC(C)(C)C. The molecule has 18 heavy (non-hydrogen) atoms. The molecule has 0 aliphatic carbocycles. The predicted molar refractivity (Wildman–Crippen MR) is 78.5 cm³/mol. The van der Waals surface area contributed by atoms with Crippen molar-refractivity contribution >= 4 is 5.82 Å². The summed E-state index contributed by atoms with van der Waals surface area (Å²) in [5, 5.41) is 3.62. The minimum absolute atomic E-state index is 0.322. The van der Waals surface area contributed by atoms with Crippen LogP contribution in [-0.4, -0.2) is 17.6 Å². The van der Waals surface area contributed by atoms with E-state index < -0.39 is 0 Å². The van der Waals surface area contributed by atoms with Crippen LogP contribution in [0.1, 0.15) is 46.1 Å². The standard InChI is InChI=1S/C15H27N3/c1-5-8-17-13(11-15(2,3)4)10-12-7-6-9-18-14(12)16/h6-7,9,13,17H,5,8,10-11H2,1-4H3,(H2,16,18). The maximum Gasteiger partial charge on any atom is 0.126 e. The van der Waals surface area contributed by atoms with Gasteiger partial charge in [-0.25, -0.2) is 4.98 Å². The maximum atomic E-state index is 5.92. The third-order valence-electron chi connectivity index (χ3n) is 2.93. The monoisotopic (exact) mass is 249 g/mol. The van der Waals surface area contributed by atoms with Gasteiger partial charge in [-0.15, -0.1) is 0 Å². The van der Waals surface area contributed by atoms with Crippen LogP contribution in [0.5, 0.6) is 0 Å². The third-order valence-corrected chi connectivity index (χ3v) is 2.93. The average Bonchev–Trinajstić information content (AvgIpc) is 2.27. The third kappa shape index (κ3) is 5.50. The topological polar surface area (TPSA) is 50.9 Å². The second kappa shape index (κ2) is 6.74. The molecule has 0 aliphatic heterocycles. The van der Waals surface area contributed by atoms with Crippen molar-refractivity contribution in [3.63, 3.8) is 0 Å². The van der Waals surface area contributed by atoms with Gasteiger partial charge < -0.3 is 11.1 Å². The summed E-state index contributed by atoms with van der Waals surface area (Å²) in [6.07, 6.45) is 5.00. The van der Waals surface area contributed by atoms with E-state index >= 15 is 0 Å². The van der Waals surface area contributed by atoms with Crippen molar-refractivity contribution in [2.75, 3.05) is 12.3 Å². The molecule has 1 rings (SSSR count). The number of nitrogen functional groups attached to an aromatic ring is 1. The fourth-order valence-electron chi connectivity index (χ4n) is 2.19. The van der Waals surface area contributed by atoms with E-state index in [0.29, 0.717) is 17.3 Å². The molecule has 0 radical (unpaired) electrons. The molecule has 1 aromatic rings. The lowest BCUT2D eigenvalue weighted by molar-refractivity contribution is 0.307. The van der Waals surface area contributed by atoms with Crippen LogP contribution >= 0.6 is 0 Å². The number of aromatic nitrogens is 1. The molecule has 3 heteroatoms.